The molecule has 0 radical (unpaired) electrons. The van der Waals surface area contributed by atoms with Crippen LogP contribution < -0.4 is 5.32 Å². The number of nitrogens with one attached hydrogen (secondary N) is 1. The van der Waals surface area contributed by atoms with E-state index in [1.165, 1.54) is 30.5 Å². The third-order valence-electron chi connectivity index (χ3n) is 2.88. The maximum Gasteiger partial charge on any atom is 0.306 e. The molecule has 0 saturated carbocycles. The Morgan fingerprint density at radius 1 is 1.21 bits per heavy atom. The summed E-state index contributed by atoms with van der Waals surface area (Å²) in [6, 6.07) is 9.42. The molecule has 1 N–H and O–H groups in total. The van der Waals surface area contributed by atoms with Crippen LogP contribution in [0, 0.1) is 0 Å². The van der Waals surface area contributed by atoms with Crippen LogP contribution in [0.1, 0.15) is 12.2 Å². The molecule has 0 aliphatic heterocycles. The van der Waals surface area contributed by atoms with E-state index in [2.05, 4.69) is 5.32 Å². The second-order valence-corrected chi connectivity index (χ2v) is 5.75. The number of halogens is 2. The number of benzene rings is 1. The lowest BCUT2D eigenvalue weighted by atomic mass is 10.2. The summed E-state index contributed by atoms with van der Waals surface area (Å²) in [5.41, 5.74) is 0.435. The number of ether oxygens (including phenoxy) is 1. The van der Waals surface area contributed by atoms with Crippen LogP contribution in [0.15, 0.2) is 52.0 Å². The predicted octanol–water partition coefficient (Wildman–Crippen LogP) is 3.71. The molecule has 0 atom stereocenters. The molecule has 1 aromatic heterocycles. The number of esters is 1. The fraction of sp³-hybridized carbons (Fsp3) is 0.250. The summed E-state index contributed by atoms with van der Waals surface area (Å²) in [6.07, 6.45) is 2.02. The van der Waals surface area contributed by atoms with Gasteiger partial charge in [-0.25, -0.2) is 0 Å². The molecule has 0 fully saturated rings. The van der Waals surface area contributed by atoms with E-state index < -0.39 is 24.2 Å². The fourth-order valence-corrected chi connectivity index (χ4v) is 2.31. The van der Waals surface area contributed by atoms with Gasteiger partial charge < -0.3 is 14.5 Å². The molecule has 0 spiro atoms. The van der Waals surface area contributed by atoms with E-state index in [-0.39, 0.29) is 6.42 Å². The number of hydrogen-bond donors (Lipinski definition) is 1. The van der Waals surface area contributed by atoms with Crippen LogP contribution in [0.25, 0.3) is 0 Å². The normalized spacial score (nSPS) is 10.6. The third kappa shape index (κ3) is 6.41. The molecule has 0 aliphatic rings. The maximum absolute atomic E-state index is 12.2. The van der Waals surface area contributed by atoms with Gasteiger partial charge in [0, 0.05) is 17.0 Å². The molecule has 5 nitrogen and oxygen atoms in total. The van der Waals surface area contributed by atoms with Crippen molar-refractivity contribution in [3.63, 3.8) is 0 Å². The Kier molecular flexibility index (Phi) is 6.80. The van der Waals surface area contributed by atoms with Crippen molar-refractivity contribution in [3.8, 4) is 0 Å². The molecule has 1 amide bonds. The molecule has 24 heavy (non-hydrogen) atoms. The smallest absolute Gasteiger partial charge is 0.306 e. The fourth-order valence-electron chi connectivity index (χ4n) is 1.82. The zero-order valence-corrected chi connectivity index (χ0v) is 13.4. The van der Waals surface area contributed by atoms with Gasteiger partial charge in [-0.15, -0.1) is 0 Å². The van der Waals surface area contributed by atoms with Crippen LogP contribution in [-0.4, -0.2) is 24.2 Å². The first-order valence-corrected chi connectivity index (χ1v) is 7.93. The standard InChI is InChI=1S/C16H15F2NO4S/c17-16(18)24-13-6-3-11(4-7-13)19-14(20)10-23-15(21)8-5-12-2-1-9-22-12/h1-4,6-7,9,16H,5,8,10H2,(H,19,20). The highest BCUT2D eigenvalue weighted by molar-refractivity contribution is 7.99. The van der Waals surface area contributed by atoms with Crippen molar-refractivity contribution in [3.05, 3.63) is 48.4 Å². The first kappa shape index (κ1) is 18.0. The highest BCUT2D eigenvalue weighted by Crippen LogP contribution is 2.26. The van der Waals surface area contributed by atoms with Crippen LogP contribution in [0.4, 0.5) is 14.5 Å². The monoisotopic (exact) mass is 355 g/mol. The molecular formula is C16H15F2NO4S. The molecular weight excluding hydrogens is 340 g/mol. The number of carbonyl (C=O) groups is 2. The largest absolute Gasteiger partial charge is 0.469 e. The summed E-state index contributed by atoms with van der Waals surface area (Å²) in [5.74, 6) is -2.84. The SMILES string of the molecule is O=C(COC(=O)CCc1ccco1)Nc1ccc(SC(F)F)cc1. The zero-order chi connectivity index (χ0) is 17.4. The number of anilines is 1. The molecule has 1 aromatic carbocycles. The van der Waals surface area contributed by atoms with E-state index in [1.54, 1.807) is 12.1 Å². The minimum Gasteiger partial charge on any atom is -0.469 e. The number of rotatable bonds is 8. The summed E-state index contributed by atoms with van der Waals surface area (Å²) in [7, 11) is 0. The molecule has 1 heterocycles. The van der Waals surface area contributed by atoms with Gasteiger partial charge in [-0.05, 0) is 36.4 Å². The molecule has 2 rings (SSSR count). The minimum absolute atomic E-state index is 0.111. The predicted molar refractivity (Wildman–Crippen MR) is 84.9 cm³/mol. The van der Waals surface area contributed by atoms with Crippen molar-refractivity contribution >= 4 is 29.3 Å². The lowest BCUT2D eigenvalue weighted by Crippen LogP contribution is -2.21. The zero-order valence-electron chi connectivity index (χ0n) is 12.5. The molecule has 2 aromatic rings. The Morgan fingerprint density at radius 2 is 1.96 bits per heavy atom. The number of alkyl halides is 2. The van der Waals surface area contributed by atoms with Crippen LogP contribution in [-0.2, 0) is 20.7 Å². The summed E-state index contributed by atoms with van der Waals surface area (Å²) < 4.78 is 34.3. The number of carbonyl (C=O) groups excluding carboxylic acids is 2. The highest BCUT2D eigenvalue weighted by atomic mass is 32.2. The Morgan fingerprint density at radius 3 is 2.58 bits per heavy atom. The Labute approximate surface area is 141 Å². The summed E-state index contributed by atoms with van der Waals surface area (Å²) in [5, 5.41) is 2.52. The van der Waals surface area contributed by atoms with Crippen LogP contribution in [0.2, 0.25) is 0 Å². The quantitative estimate of drug-likeness (QED) is 0.577. The molecule has 0 bridgehead atoms. The van der Waals surface area contributed by atoms with Crippen molar-refractivity contribution < 1.29 is 27.5 Å². The van der Waals surface area contributed by atoms with Crippen LogP contribution >= 0.6 is 11.8 Å². The van der Waals surface area contributed by atoms with E-state index in [1.807, 2.05) is 0 Å². The number of aryl methyl sites for hydroxylation is 1. The average molecular weight is 355 g/mol. The molecule has 8 heteroatoms. The van der Waals surface area contributed by atoms with E-state index in [0.717, 1.165) is 0 Å². The van der Waals surface area contributed by atoms with Gasteiger partial charge in [-0.3, -0.25) is 9.59 Å². The molecule has 0 aliphatic carbocycles. The summed E-state index contributed by atoms with van der Waals surface area (Å²) in [6.45, 7) is -0.412. The molecule has 0 saturated heterocycles. The van der Waals surface area contributed by atoms with Gasteiger partial charge >= 0.3 is 5.97 Å². The van der Waals surface area contributed by atoms with Gasteiger partial charge in [0.15, 0.2) is 6.61 Å². The first-order chi connectivity index (χ1) is 11.5. The van der Waals surface area contributed by atoms with Gasteiger partial charge in [-0.1, -0.05) is 11.8 Å². The van der Waals surface area contributed by atoms with Crippen molar-refractivity contribution in [1.82, 2.24) is 0 Å². The Hall–Kier alpha value is -2.35. The Balaban J connectivity index is 1.69. The average Bonchev–Trinajstić information content (AvgIpc) is 3.06. The van der Waals surface area contributed by atoms with Gasteiger partial charge in [-0.2, -0.15) is 8.78 Å². The second kappa shape index (κ2) is 9.07. The lowest BCUT2D eigenvalue weighted by Gasteiger charge is -2.07. The van der Waals surface area contributed by atoms with E-state index in [0.29, 0.717) is 34.5 Å². The van der Waals surface area contributed by atoms with Gasteiger partial charge in [0.2, 0.25) is 0 Å². The van der Waals surface area contributed by atoms with Crippen molar-refractivity contribution in [2.75, 3.05) is 11.9 Å². The number of furan rings is 1. The Bertz CT molecular complexity index is 659. The topological polar surface area (TPSA) is 68.5 Å². The van der Waals surface area contributed by atoms with Crippen LogP contribution in [0.3, 0.4) is 0 Å². The van der Waals surface area contributed by atoms with Crippen molar-refractivity contribution in [2.45, 2.75) is 23.5 Å². The van der Waals surface area contributed by atoms with E-state index >= 15 is 0 Å². The lowest BCUT2D eigenvalue weighted by molar-refractivity contribution is -0.147. The summed E-state index contributed by atoms with van der Waals surface area (Å²) in [4.78, 5) is 23.6. The van der Waals surface area contributed by atoms with Crippen molar-refractivity contribution in [2.24, 2.45) is 0 Å². The van der Waals surface area contributed by atoms with Gasteiger partial charge in [0.05, 0.1) is 12.7 Å². The third-order valence-corrected chi connectivity index (χ3v) is 3.61. The first-order valence-electron chi connectivity index (χ1n) is 7.05. The van der Waals surface area contributed by atoms with Gasteiger partial charge in [0.1, 0.15) is 5.76 Å². The molecule has 0 unspecified atom stereocenters. The van der Waals surface area contributed by atoms with Gasteiger partial charge in [0.25, 0.3) is 11.7 Å². The summed E-state index contributed by atoms with van der Waals surface area (Å²) >= 11 is 0.421. The second-order valence-electron chi connectivity index (χ2n) is 4.69. The van der Waals surface area contributed by atoms with E-state index in [4.69, 9.17) is 9.15 Å². The minimum atomic E-state index is -2.49. The van der Waals surface area contributed by atoms with E-state index in [9.17, 15) is 18.4 Å². The number of thioether (sulfide) groups is 1. The highest BCUT2D eigenvalue weighted by Gasteiger charge is 2.10. The number of hydrogen-bond acceptors (Lipinski definition) is 5. The van der Waals surface area contributed by atoms with Crippen LogP contribution in [0.5, 0.6) is 0 Å². The molecule has 128 valence electrons. The number of amides is 1. The maximum atomic E-state index is 12.2. The van der Waals surface area contributed by atoms with Crippen molar-refractivity contribution in [1.29, 1.82) is 0 Å².